The smallest absolute Gasteiger partial charge is 0.211 e. The van der Waals surface area contributed by atoms with Gasteiger partial charge in [-0.1, -0.05) is 26.0 Å². The first-order valence-corrected chi connectivity index (χ1v) is 9.92. The lowest BCUT2D eigenvalue weighted by Gasteiger charge is -2.04. The number of furan rings is 1. The van der Waals surface area contributed by atoms with Crippen molar-refractivity contribution < 1.29 is 4.42 Å². The zero-order chi connectivity index (χ0) is 19.3. The second kappa shape index (κ2) is 8.19. The van der Waals surface area contributed by atoms with Gasteiger partial charge in [0.1, 0.15) is 5.69 Å². The van der Waals surface area contributed by atoms with Crippen LogP contribution in [-0.2, 0) is 0 Å². The number of pyridine rings is 1. The van der Waals surface area contributed by atoms with E-state index in [1.165, 1.54) is 16.9 Å². The quantitative estimate of drug-likeness (QED) is 0.427. The largest absolute Gasteiger partial charge is 0.463 e. The molecule has 0 spiro atoms. The maximum absolute atomic E-state index is 5.58. The standard InChI is InChI=1S/C22H20N4OS/c1-16(2)18-5-7-19(8-6-18)25-22-26(24-14-17-9-11-23-12-10-17)20(15-28-22)21-4-3-13-27-21/h3-16H,1-2H3. The lowest BCUT2D eigenvalue weighted by molar-refractivity contribution is 0.575. The molecule has 0 fully saturated rings. The summed E-state index contributed by atoms with van der Waals surface area (Å²) in [5.74, 6) is 1.25. The highest BCUT2D eigenvalue weighted by atomic mass is 32.1. The van der Waals surface area contributed by atoms with Crippen LogP contribution in [-0.4, -0.2) is 15.9 Å². The molecule has 0 aliphatic heterocycles. The molecule has 6 heteroatoms. The van der Waals surface area contributed by atoms with E-state index in [4.69, 9.17) is 9.41 Å². The van der Waals surface area contributed by atoms with Crippen molar-refractivity contribution in [1.29, 1.82) is 0 Å². The molecule has 5 nitrogen and oxygen atoms in total. The number of rotatable bonds is 5. The minimum Gasteiger partial charge on any atom is -0.463 e. The zero-order valence-electron chi connectivity index (χ0n) is 15.7. The van der Waals surface area contributed by atoms with Gasteiger partial charge in [0, 0.05) is 17.8 Å². The molecule has 0 aliphatic rings. The fourth-order valence-corrected chi connectivity index (χ4v) is 3.54. The van der Waals surface area contributed by atoms with Gasteiger partial charge < -0.3 is 4.42 Å². The monoisotopic (exact) mass is 388 g/mol. The van der Waals surface area contributed by atoms with Gasteiger partial charge in [-0.05, 0) is 53.4 Å². The van der Waals surface area contributed by atoms with E-state index in [-0.39, 0.29) is 0 Å². The van der Waals surface area contributed by atoms with Crippen LogP contribution in [0.3, 0.4) is 0 Å². The maximum atomic E-state index is 5.58. The van der Waals surface area contributed by atoms with Crippen molar-refractivity contribution in [2.75, 3.05) is 0 Å². The van der Waals surface area contributed by atoms with Crippen LogP contribution in [0, 0.1) is 0 Å². The number of thiazole rings is 1. The molecule has 4 rings (SSSR count). The molecule has 0 atom stereocenters. The lowest BCUT2D eigenvalue weighted by atomic mass is 10.0. The van der Waals surface area contributed by atoms with E-state index in [1.54, 1.807) is 29.5 Å². The van der Waals surface area contributed by atoms with Crippen LogP contribution in [0.25, 0.3) is 11.5 Å². The average Bonchev–Trinajstić information content (AvgIpc) is 3.37. The molecular formula is C22H20N4OS. The van der Waals surface area contributed by atoms with Crippen molar-refractivity contribution in [3.8, 4) is 11.5 Å². The van der Waals surface area contributed by atoms with Crippen molar-refractivity contribution in [2.24, 2.45) is 10.1 Å². The zero-order valence-corrected chi connectivity index (χ0v) is 16.5. The summed E-state index contributed by atoms with van der Waals surface area (Å²) in [6.07, 6.45) is 6.94. The fourth-order valence-electron chi connectivity index (χ4n) is 2.70. The summed E-state index contributed by atoms with van der Waals surface area (Å²) in [6, 6.07) is 15.9. The fraction of sp³-hybridized carbons (Fsp3) is 0.136. The summed E-state index contributed by atoms with van der Waals surface area (Å²) in [7, 11) is 0. The van der Waals surface area contributed by atoms with Gasteiger partial charge in [0.05, 0.1) is 18.2 Å². The highest BCUT2D eigenvalue weighted by Crippen LogP contribution is 2.22. The van der Waals surface area contributed by atoms with Crippen LogP contribution in [0.2, 0.25) is 0 Å². The van der Waals surface area contributed by atoms with E-state index < -0.39 is 0 Å². The Labute approximate surface area is 167 Å². The van der Waals surface area contributed by atoms with Gasteiger partial charge in [-0.3, -0.25) is 4.98 Å². The molecule has 0 aliphatic carbocycles. The lowest BCUT2D eigenvalue weighted by Crippen LogP contribution is -2.11. The predicted octanol–water partition coefficient (Wildman–Crippen LogP) is 5.44. The summed E-state index contributed by atoms with van der Waals surface area (Å²) < 4.78 is 7.38. The van der Waals surface area contributed by atoms with Crippen molar-refractivity contribution in [3.63, 3.8) is 0 Å². The summed E-state index contributed by atoms with van der Waals surface area (Å²) in [6.45, 7) is 4.37. The van der Waals surface area contributed by atoms with Crippen LogP contribution >= 0.6 is 11.3 Å². The maximum Gasteiger partial charge on any atom is 0.211 e. The molecule has 4 aromatic rings. The summed E-state index contributed by atoms with van der Waals surface area (Å²) >= 11 is 1.53. The third-order valence-corrected chi connectivity index (χ3v) is 5.09. The van der Waals surface area contributed by atoms with Gasteiger partial charge in [0.25, 0.3) is 0 Å². The van der Waals surface area contributed by atoms with Crippen molar-refractivity contribution in [2.45, 2.75) is 19.8 Å². The third kappa shape index (κ3) is 4.02. The Hall–Kier alpha value is -3.25. The molecule has 0 bridgehead atoms. The van der Waals surface area contributed by atoms with E-state index >= 15 is 0 Å². The molecule has 28 heavy (non-hydrogen) atoms. The van der Waals surface area contributed by atoms with Crippen LogP contribution in [0.5, 0.6) is 0 Å². The Morgan fingerprint density at radius 3 is 2.54 bits per heavy atom. The molecule has 0 amide bonds. The second-order valence-electron chi connectivity index (χ2n) is 6.58. The Morgan fingerprint density at radius 1 is 1.07 bits per heavy atom. The van der Waals surface area contributed by atoms with Gasteiger partial charge in [-0.15, -0.1) is 11.3 Å². The van der Waals surface area contributed by atoms with Gasteiger partial charge in [-0.2, -0.15) is 5.10 Å². The topological polar surface area (TPSA) is 55.7 Å². The van der Waals surface area contributed by atoms with Crippen LogP contribution in [0.1, 0.15) is 30.9 Å². The molecular weight excluding hydrogens is 368 g/mol. The van der Waals surface area contributed by atoms with Crippen molar-refractivity contribution in [1.82, 2.24) is 9.66 Å². The molecule has 140 valence electrons. The molecule has 3 heterocycles. The molecule has 0 radical (unpaired) electrons. The number of aromatic nitrogens is 2. The Morgan fingerprint density at radius 2 is 1.86 bits per heavy atom. The number of benzene rings is 1. The average molecular weight is 388 g/mol. The van der Waals surface area contributed by atoms with E-state index in [0.29, 0.717) is 5.92 Å². The first kappa shape index (κ1) is 18.1. The minimum atomic E-state index is 0.497. The van der Waals surface area contributed by atoms with Crippen LogP contribution < -0.4 is 4.80 Å². The van der Waals surface area contributed by atoms with Crippen molar-refractivity contribution in [3.05, 3.63) is 88.5 Å². The first-order chi connectivity index (χ1) is 13.7. The third-order valence-electron chi connectivity index (χ3n) is 4.27. The van der Waals surface area contributed by atoms with Gasteiger partial charge in [-0.25, -0.2) is 9.67 Å². The number of hydrogen-bond donors (Lipinski definition) is 0. The van der Waals surface area contributed by atoms with Gasteiger partial charge >= 0.3 is 0 Å². The molecule has 0 N–H and O–H groups in total. The van der Waals surface area contributed by atoms with E-state index in [1.807, 2.05) is 41.8 Å². The Balaban J connectivity index is 1.77. The minimum absolute atomic E-state index is 0.497. The number of nitrogens with zero attached hydrogens (tertiary/aromatic N) is 4. The number of hydrogen-bond acceptors (Lipinski definition) is 5. The van der Waals surface area contributed by atoms with Gasteiger partial charge in [0.2, 0.25) is 4.80 Å². The first-order valence-electron chi connectivity index (χ1n) is 9.04. The van der Waals surface area contributed by atoms with E-state index in [2.05, 4.69) is 36.1 Å². The summed E-state index contributed by atoms with van der Waals surface area (Å²) in [5, 5.41) is 6.66. The van der Waals surface area contributed by atoms with Gasteiger partial charge in [0.15, 0.2) is 5.76 Å². The second-order valence-corrected chi connectivity index (χ2v) is 7.41. The summed E-state index contributed by atoms with van der Waals surface area (Å²) in [5.41, 5.74) is 4.01. The SMILES string of the molecule is CC(C)c1ccc(N=c2scc(-c3ccco3)n2N=Cc2ccncc2)cc1. The predicted molar refractivity (Wildman–Crippen MR) is 113 cm³/mol. The normalized spacial score (nSPS) is 12.3. The Kier molecular flexibility index (Phi) is 5.30. The van der Waals surface area contributed by atoms with E-state index in [0.717, 1.165) is 27.5 Å². The summed E-state index contributed by atoms with van der Waals surface area (Å²) in [4.78, 5) is 9.61. The molecule has 0 saturated heterocycles. The molecule has 1 aromatic carbocycles. The van der Waals surface area contributed by atoms with Crippen LogP contribution in [0.15, 0.2) is 87.1 Å². The highest BCUT2D eigenvalue weighted by molar-refractivity contribution is 7.07. The Bertz CT molecular complexity index is 1120. The van der Waals surface area contributed by atoms with Crippen molar-refractivity contribution >= 4 is 23.2 Å². The van der Waals surface area contributed by atoms with Crippen LogP contribution in [0.4, 0.5) is 5.69 Å². The highest BCUT2D eigenvalue weighted by Gasteiger charge is 2.10. The molecule has 0 unspecified atom stereocenters. The molecule has 0 saturated carbocycles. The molecule has 3 aromatic heterocycles. The van der Waals surface area contributed by atoms with E-state index in [9.17, 15) is 0 Å².